The third-order valence-electron chi connectivity index (χ3n) is 0.974. The molecule has 0 heterocycles. The average Bonchev–Trinajstić information content (AvgIpc) is 1.61. The normalized spacial score (nSPS) is 15.0. The van der Waals surface area contributed by atoms with Crippen LogP contribution in [0, 0.1) is 0 Å². The number of nitrogens with zero attached hydrogens (tertiary/aromatic N) is 1. The van der Waals surface area contributed by atoms with Crippen LogP contribution in [0.1, 0.15) is 6.42 Å². The summed E-state index contributed by atoms with van der Waals surface area (Å²) in [5.41, 5.74) is 0. The van der Waals surface area contributed by atoms with Crippen LogP contribution in [-0.2, 0) is 0 Å². The van der Waals surface area contributed by atoms with Crippen LogP contribution in [0.15, 0.2) is 0 Å². The van der Waals surface area contributed by atoms with Gasteiger partial charge in [0.15, 0.2) is 0 Å². The summed E-state index contributed by atoms with van der Waals surface area (Å²) in [5, 5.41) is 0.456. The standard InChI is InChI=1S/C5H14ClNSi/c1-7(2)4-3-5(6)8/h5H,3-4H2,1-2,8H3. The molecule has 0 aliphatic rings. The predicted octanol–water partition coefficient (Wildman–Crippen LogP) is -0.132. The lowest BCUT2D eigenvalue weighted by atomic mass is 10.4. The number of rotatable bonds is 3. The molecule has 0 amide bonds. The van der Waals surface area contributed by atoms with Crippen LogP contribution in [0.25, 0.3) is 0 Å². The summed E-state index contributed by atoms with van der Waals surface area (Å²) >= 11 is 5.76. The minimum Gasteiger partial charge on any atom is -0.309 e. The molecule has 0 spiro atoms. The molecule has 0 aliphatic heterocycles. The fraction of sp³-hybridized carbons (Fsp3) is 1.00. The highest BCUT2D eigenvalue weighted by atomic mass is 35.5. The Kier molecular flexibility index (Phi) is 4.61. The minimum atomic E-state index is 0.456. The number of halogens is 1. The lowest BCUT2D eigenvalue weighted by Gasteiger charge is -2.09. The molecule has 0 saturated carbocycles. The maximum absolute atomic E-state index is 5.76. The molecule has 0 aromatic rings. The van der Waals surface area contributed by atoms with Crippen LogP contribution in [0.5, 0.6) is 0 Å². The van der Waals surface area contributed by atoms with E-state index in [1.807, 2.05) is 0 Å². The fourth-order valence-electron chi connectivity index (χ4n) is 0.436. The van der Waals surface area contributed by atoms with Gasteiger partial charge in [-0.15, -0.1) is 11.6 Å². The van der Waals surface area contributed by atoms with E-state index < -0.39 is 0 Å². The van der Waals surface area contributed by atoms with Crippen LogP contribution in [0.4, 0.5) is 0 Å². The SMILES string of the molecule is CN(C)CCC([SiH3])Cl. The highest BCUT2D eigenvalue weighted by molar-refractivity contribution is 6.40. The summed E-state index contributed by atoms with van der Waals surface area (Å²) in [6.07, 6.45) is 1.14. The van der Waals surface area contributed by atoms with E-state index >= 15 is 0 Å². The zero-order chi connectivity index (χ0) is 6.57. The van der Waals surface area contributed by atoms with Crippen molar-refractivity contribution in [1.82, 2.24) is 4.90 Å². The second kappa shape index (κ2) is 4.36. The molecule has 0 aromatic heterocycles. The molecule has 3 heteroatoms. The van der Waals surface area contributed by atoms with Gasteiger partial charge in [-0.3, -0.25) is 0 Å². The van der Waals surface area contributed by atoms with Gasteiger partial charge >= 0.3 is 0 Å². The van der Waals surface area contributed by atoms with E-state index in [0.717, 1.165) is 23.2 Å². The van der Waals surface area contributed by atoms with Gasteiger partial charge in [0.2, 0.25) is 0 Å². The van der Waals surface area contributed by atoms with Gasteiger partial charge < -0.3 is 4.90 Å². The Morgan fingerprint density at radius 1 is 1.62 bits per heavy atom. The molecule has 0 aliphatic carbocycles. The third-order valence-corrected chi connectivity index (χ3v) is 1.77. The van der Waals surface area contributed by atoms with Crippen molar-refractivity contribution in [3.05, 3.63) is 0 Å². The van der Waals surface area contributed by atoms with Crippen molar-refractivity contribution in [2.45, 2.75) is 11.4 Å². The van der Waals surface area contributed by atoms with Crippen LogP contribution in [0.3, 0.4) is 0 Å². The lowest BCUT2D eigenvalue weighted by molar-refractivity contribution is 0.406. The van der Waals surface area contributed by atoms with Gasteiger partial charge in [0.25, 0.3) is 0 Å². The number of alkyl halides is 1. The Hall–Kier alpha value is 0.467. The molecule has 0 N–H and O–H groups in total. The molecule has 0 aromatic carbocycles. The number of hydrogen-bond donors (Lipinski definition) is 0. The van der Waals surface area contributed by atoms with Gasteiger partial charge in [-0.2, -0.15) is 0 Å². The van der Waals surface area contributed by atoms with Gasteiger partial charge in [-0.25, -0.2) is 0 Å². The van der Waals surface area contributed by atoms with Gasteiger partial charge in [-0.05, 0) is 27.1 Å². The summed E-state index contributed by atoms with van der Waals surface area (Å²) in [7, 11) is 5.25. The second-order valence-electron chi connectivity index (χ2n) is 2.37. The molecule has 0 fully saturated rings. The van der Waals surface area contributed by atoms with E-state index in [9.17, 15) is 0 Å². The van der Waals surface area contributed by atoms with Crippen molar-refractivity contribution in [2.24, 2.45) is 0 Å². The molecule has 0 saturated heterocycles. The monoisotopic (exact) mass is 151 g/mol. The zero-order valence-electron chi connectivity index (χ0n) is 5.82. The van der Waals surface area contributed by atoms with Crippen molar-refractivity contribution in [1.29, 1.82) is 0 Å². The van der Waals surface area contributed by atoms with Crippen LogP contribution in [0.2, 0.25) is 0 Å². The predicted molar refractivity (Wildman–Crippen MR) is 42.8 cm³/mol. The van der Waals surface area contributed by atoms with Gasteiger partial charge in [0.1, 0.15) is 0 Å². The molecular formula is C5H14ClNSi. The molecule has 0 radical (unpaired) electrons. The first-order valence-corrected chi connectivity index (χ1v) is 4.51. The van der Waals surface area contributed by atoms with E-state index in [-0.39, 0.29) is 0 Å². The van der Waals surface area contributed by atoms with E-state index in [2.05, 4.69) is 19.0 Å². The Morgan fingerprint density at radius 3 is 2.25 bits per heavy atom. The molecule has 1 unspecified atom stereocenters. The van der Waals surface area contributed by atoms with Gasteiger partial charge in [0.05, 0.1) is 0 Å². The van der Waals surface area contributed by atoms with Crippen molar-refractivity contribution in [2.75, 3.05) is 20.6 Å². The Labute approximate surface area is 59.4 Å². The molecule has 0 rings (SSSR count). The molecule has 8 heavy (non-hydrogen) atoms. The highest BCUT2D eigenvalue weighted by Gasteiger charge is 1.95. The van der Waals surface area contributed by atoms with Gasteiger partial charge in [0, 0.05) is 15.2 Å². The first-order valence-electron chi connectivity index (χ1n) is 2.91. The molecule has 1 nitrogen and oxygen atoms in total. The van der Waals surface area contributed by atoms with Gasteiger partial charge in [-0.1, -0.05) is 0 Å². The lowest BCUT2D eigenvalue weighted by Crippen LogP contribution is -2.16. The maximum atomic E-state index is 5.76. The third kappa shape index (κ3) is 6.47. The highest BCUT2D eigenvalue weighted by Crippen LogP contribution is 1.95. The quantitative estimate of drug-likeness (QED) is 0.401. The molecular weight excluding hydrogens is 138 g/mol. The Balaban J connectivity index is 2.93. The van der Waals surface area contributed by atoms with E-state index in [4.69, 9.17) is 11.6 Å². The summed E-state index contributed by atoms with van der Waals surface area (Å²) in [6, 6.07) is 0. The van der Waals surface area contributed by atoms with Crippen molar-refractivity contribution in [3.63, 3.8) is 0 Å². The smallest absolute Gasteiger partial charge is 0.0255 e. The number of hydrogen-bond acceptors (Lipinski definition) is 1. The largest absolute Gasteiger partial charge is 0.309 e. The molecule has 0 bridgehead atoms. The summed E-state index contributed by atoms with van der Waals surface area (Å²) in [6.45, 7) is 1.12. The molecule has 1 atom stereocenters. The summed E-state index contributed by atoms with van der Waals surface area (Å²) in [4.78, 5) is 2.16. The van der Waals surface area contributed by atoms with Crippen molar-refractivity contribution >= 4 is 21.8 Å². The first kappa shape index (κ1) is 8.47. The fourth-order valence-corrected chi connectivity index (χ4v) is 0.792. The van der Waals surface area contributed by atoms with Crippen molar-refractivity contribution in [3.8, 4) is 0 Å². The van der Waals surface area contributed by atoms with Crippen LogP contribution >= 0.6 is 11.6 Å². The first-order chi connectivity index (χ1) is 3.63. The maximum Gasteiger partial charge on any atom is 0.0255 e. The Bertz CT molecular complexity index is 48.4. The Morgan fingerprint density at radius 2 is 2.12 bits per heavy atom. The van der Waals surface area contributed by atoms with E-state index in [1.165, 1.54) is 0 Å². The van der Waals surface area contributed by atoms with E-state index in [0.29, 0.717) is 5.00 Å². The van der Waals surface area contributed by atoms with Crippen LogP contribution < -0.4 is 0 Å². The average molecular weight is 152 g/mol. The summed E-state index contributed by atoms with van der Waals surface area (Å²) in [5.74, 6) is 0. The zero-order valence-corrected chi connectivity index (χ0v) is 8.57. The second-order valence-corrected chi connectivity index (χ2v) is 5.24. The topological polar surface area (TPSA) is 3.24 Å². The molecule has 50 valence electrons. The van der Waals surface area contributed by atoms with Crippen LogP contribution in [-0.4, -0.2) is 40.8 Å². The van der Waals surface area contributed by atoms with E-state index in [1.54, 1.807) is 0 Å². The minimum absolute atomic E-state index is 0.456. The summed E-state index contributed by atoms with van der Waals surface area (Å²) < 4.78 is 0. The van der Waals surface area contributed by atoms with Crippen molar-refractivity contribution < 1.29 is 0 Å².